The second-order valence-corrected chi connectivity index (χ2v) is 5.43. The largest absolute Gasteiger partial charge is 0.452 e. The van der Waals surface area contributed by atoms with Crippen LogP contribution in [0, 0.1) is 0 Å². The number of amides is 2. The van der Waals surface area contributed by atoms with E-state index in [9.17, 15) is 14.4 Å². The van der Waals surface area contributed by atoms with Crippen LogP contribution in [0.25, 0.3) is 0 Å². The fourth-order valence-corrected chi connectivity index (χ4v) is 2.27. The van der Waals surface area contributed by atoms with Gasteiger partial charge in [0.2, 0.25) is 0 Å². The highest BCUT2D eigenvalue weighted by Crippen LogP contribution is 2.21. The van der Waals surface area contributed by atoms with E-state index >= 15 is 0 Å². The van der Waals surface area contributed by atoms with Crippen LogP contribution < -0.4 is 5.32 Å². The number of benzene rings is 1. The lowest BCUT2D eigenvalue weighted by Gasteiger charge is -2.07. The van der Waals surface area contributed by atoms with E-state index in [1.165, 1.54) is 18.2 Å². The van der Waals surface area contributed by atoms with Crippen molar-refractivity contribution < 1.29 is 19.1 Å². The molecule has 0 atom stereocenters. The lowest BCUT2D eigenvalue weighted by Crippen LogP contribution is -2.35. The Hall–Kier alpha value is -2.31. The summed E-state index contributed by atoms with van der Waals surface area (Å²) < 4.78 is 6.38. The Morgan fingerprint density at radius 3 is 2.57 bits per heavy atom. The number of imide groups is 1. The molecule has 0 spiro atoms. The van der Waals surface area contributed by atoms with Crippen molar-refractivity contribution in [1.29, 1.82) is 0 Å². The Morgan fingerprint density at radius 2 is 1.96 bits per heavy atom. The van der Waals surface area contributed by atoms with Crippen LogP contribution in [0.15, 0.2) is 36.5 Å². The third kappa shape index (κ3) is 4.34. The number of carbonyl (C=O) groups is 3. The molecule has 0 fully saturated rings. The molecule has 1 heterocycles. The van der Waals surface area contributed by atoms with Crippen molar-refractivity contribution in [2.24, 2.45) is 7.05 Å². The van der Waals surface area contributed by atoms with Gasteiger partial charge in [-0.3, -0.25) is 14.9 Å². The zero-order valence-corrected chi connectivity index (χ0v) is 13.5. The summed E-state index contributed by atoms with van der Waals surface area (Å²) in [4.78, 5) is 35.3. The monoisotopic (exact) mass is 354 g/mol. The number of carbonyl (C=O) groups excluding carboxylic acids is 3. The summed E-state index contributed by atoms with van der Waals surface area (Å²) in [6, 6.07) is 7.48. The van der Waals surface area contributed by atoms with Gasteiger partial charge in [0.25, 0.3) is 11.8 Å². The molecule has 0 aliphatic carbocycles. The van der Waals surface area contributed by atoms with E-state index in [0.29, 0.717) is 10.7 Å². The Morgan fingerprint density at radius 1 is 1.22 bits per heavy atom. The van der Waals surface area contributed by atoms with Crippen LogP contribution in [0.5, 0.6) is 0 Å². The minimum atomic E-state index is -0.784. The molecular weight excluding hydrogens is 343 g/mol. The van der Waals surface area contributed by atoms with E-state index in [4.69, 9.17) is 27.9 Å². The number of aryl methyl sites for hydroxylation is 1. The van der Waals surface area contributed by atoms with E-state index in [1.54, 1.807) is 29.9 Å². The summed E-state index contributed by atoms with van der Waals surface area (Å²) in [6.45, 7) is -0.603. The minimum Gasteiger partial charge on any atom is -0.452 e. The smallest absolute Gasteiger partial charge is 0.340 e. The van der Waals surface area contributed by atoms with Crippen molar-refractivity contribution in [3.05, 3.63) is 57.8 Å². The Kier molecular flexibility index (Phi) is 5.41. The minimum absolute atomic E-state index is 0.0811. The maximum Gasteiger partial charge on any atom is 0.340 e. The van der Waals surface area contributed by atoms with E-state index in [2.05, 4.69) is 5.32 Å². The molecule has 1 aromatic carbocycles. The van der Waals surface area contributed by atoms with Gasteiger partial charge in [-0.1, -0.05) is 23.2 Å². The number of esters is 1. The van der Waals surface area contributed by atoms with Crippen molar-refractivity contribution in [3.8, 4) is 0 Å². The topological polar surface area (TPSA) is 77.4 Å². The SMILES string of the molecule is Cn1cccc1C(=O)NC(=O)COC(=O)c1ccc(Cl)cc1Cl. The summed E-state index contributed by atoms with van der Waals surface area (Å²) >= 11 is 11.6. The molecule has 2 rings (SSSR count). The number of rotatable bonds is 4. The Labute approximate surface area is 141 Å². The number of hydrogen-bond donors (Lipinski definition) is 1. The Bertz CT molecular complexity index is 771. The van der Waals surface area contributed by atoms with Gasteiger partial charge in [0, 0.05) is 18.3 Å². The molecule has 0 bridgehead atoms. The average Bonchev–Trinajstić information content (AvgIpc) is 2.91. The second-order valence-electron chi connectivity index (χ2n) is 4.58. The van der Waals surface area contributed by atoms with Gasteiger partial charge < -0.3 is 9.30 Å². The summed E-state index contributed by atoms with van der Waals surface area (Å²) in [5, 5.41) is 2.61. The van der Waals surface area contributed by atoms with Crippen molar-refractivity contribution in [3.63, 3.8) is 0 Å². The maximum atomic E-state index is 11.8. The summed E-state index contributed by atoms with van der Waals surface area (Å²) in [5.41, 5.74) is 0.392. The summed E-state index contributed by atoms with van der Waals surface area (Å²) in [6.07, 6.45) is 1.67. The van der Waals surface area contributed by atoms with E-state index in [1.807, 2.05) is 0 Å². The van der Waals surface area contributed by atoms with E-state index < -0.39 is 24.4 Å². The van der Waals surface area contributed by atoms with Crippen LogP contribution >= 0.6 is 23.2 Å². The fraction of sp³-hybridized carbons (Fsp3) is 0.133. The highest BCUT2D eigenvalue weighted by Gasteiger charge is 2.16. The van der Waals surface area contributed by atoms with Crippen LogP contribution in [0.1, 0.15) is 20.8 Å². The maximum absolute atomic E-state index is 11.8. The van der Waals surface area contributed by atoms with Crippen LogP contribution in [-0.4, -0.2) is 29.0 Å². The first-order valence-corrected chi connectivity index (χ1v) is 7.22. The van der Waals surface area contributed by atoms with E-state index in [-0.39, 0.29) is 10.6 Å². The predicted octanol–water partition coefficient (Wildman–Crippen LogP) is 2.45. The third-order valence-corrected chi connectivity index (χ3v) is 3.46. The van der Waals surface area contributed by atoms with Gasteiger partial charge in [0.05, 0.1) is 10.6 Å². The van der Waals surface area contributed by atoms with Crippen LogP contribution in [-0.2, 0) is 16.6 Å². The molecular formula is C15H12Cl2N2O4. The second kappa shape index (κ2) is 7.30. The number of nitrogens with one attached hydrogen (secondary N) is 1. The molecule has 23 heavy (non-hydrogen) atoms. The molecule has 0 saturated carbocycles. The van der Waals surface area contributed by atoms with Gasteiger partial charge in [-0.05, 0) is 30.3 Å². The molecule has 0 radical (unpaired) electrons. The first-order chi connectivity index (χ1) is 10.9. The number of nitrogens with zero attached hydrogens (tertiary/aromatic N) is 1. The number of aromatic nitrogens is 1. The van der Waals surface area contributed by atoms with Gasteiger partial charge in [-0.2, -0.15) is 0 Å². The van der Waals surface area contributed by atoms with Crippen LogP contribution in [0.4, 0.5) is 0 Å². The standard InChI is InChI=1S/C15H12Cl2N2O4/c1-19-6-2-3-12(19)14(21)18-13(20)8-23-15(22)10-5-4-9(16)7-11(10)17/h2-7H,8H2,1H3,(H,18,20,21). The number of hydrogen-bond acceptors (Lipinski definition) is 4. The van der Waals surface area contributed by atoms with Gasteiger partial charge in [0.15, 0.2) is 6.61 Å². The van der Waals surface area contributed by atoms with Crippen molar-refractivity contribution in [2.45, 2.75) is 0 Å². The number of halogens is 2. The highest BCUT2D eigenvalue weighted by molar-refractivity contribution is 6.36. The molecule has 1 aromatic heterocycles. The van der Waals surface area contributed by atoms with Crippen molar-refractivity contribution >= 4 is 41.0 Å². The molecule has 1 N–H and O–H groups in total. The fourth-order valence-electron chi connectivity index (χ4n) is 1.79. The van der Waals surface area contributed by atoms with Gasteiger partial charge >= 0.3 is 5.97 Å². The Balaban J connectivity index is 1.90. The van der Waals surface area contributed by atoms with Gasteiger partial charge in [-0.25, -0.2) is 4.79 Å². The number of ether oxygens (including phenoxy) is 1. The normalized spacial score (nSPS) is 10.2. The molecule has 0 saturated heterocycles. The van der Waals surface area contributed by atoms with Gasteiger partial charge in [-0.15, -0.1) is 0 Å². The molecule has 120 valence electrons. The summed E-state index contributed by atoms with van der Waals surface area (Å²) in [7, 11) is 1.67. The zero-order chi connectivity index (χ0) is 17.0. The lowest BCUT2D eigenvalue weighted by molar-refractivity contribution is -0.123. The summed E-state index contributed by atoms with van der Waals surface area (Å²) in [5.74, 6) is -2.11. The quantitative estimate of drug-likeness (QED) is 0.855. The van der Waals surface area contributed by atoms with Crippen molar-refractivity contribution in [1.82, 2.24) is 9.88 Å². The third-order valence-electron chi connectivity index (χ3n) is 2.91. The van der Waals surface area contributed by atoms with Crippen LogP contribution in [0.2, 0.25) is 10.0 Å². The molecule has 6 nitrogen and oxygen atoms in total. The molecule has 0 unspecified atom stereocenters. The molecule has 2 amide bonds. The van der Waals surface area contributed by atoms with Gasteiger partial charge in [0.1, 0.15) is 5.69 Å². The van der Waals surface area contributed by atoms with Crippen LogP contribution in [0.3, 0.4) is 0 Å². The first kappa shape index (κ1) is 17.1. The molecule has 8 heteroatoms. The molecule has 2 aromatic rings. The average molecular weight is 355 g/mol. The predicted molar refractivity (Wildman–Crippen MR) is 84.6 cm³/mol. The molecule has 0 aliphatic rings. The van der Waals surface area contributed by atoms with Crippen molar-refractivity contribution in [2.75, 3.05) is 6.61 Å². The molecule has 0 aliphatic heterocycles. The zero-order valence-electron chi connectivity index (χ0n) is 12.0. The first-order valence-electron chi connectivity index (χ1n) is 6.46. The lowest BCUT2D eigenvalue weighted by atomic mass is 10.2. The highest BCUT2D eigenvalue weighted by atomic mass is 35.5. The van der Waals surface area contributed by atoms with E-state index in [0.717, 1.165) is 0 Å².